The second-order valence-electron chi connectivity index (χ2n) is 5.33. The summed E-state index contributed by atoms with van der Waals surface area (Å²) >= 11 is 0. The molecule has 0 radical (unpaired) electrons. The Labute approximate surface area is 108 Å². The fourth-order valence-corrected chi connectivity index (χ4v) is 2.30. The van der Waals surface area contributed by atoms with Crippen LogP contribution in [0.3, 0.4) is 0 Å². The highest BCUT2D eigenvalue weighted by atomic mass is 16.1. The van der Waals surface area contributed by atoms with Crippen molar-refractivity contribution in [2.75, 3.05) is 25.4 Å². The Morgan fingerprint density at radius 3 is 2.72 bits per heavy atom. The van der Waals surface area contributed by atoms with Gasteiger partial charge in [-0.3, -0.25) is 4.79 Å². The van der Waals surface area contributed by atoms with Crippen molar-refractivity contribution in [3.05, 3.63) is 29.8 Å². The fourth-order valence-electron chi connectivity index (χ4n) is 2.30. The standard InChI is InChI=1S/C14H21N3O/c1-14(6-8-16-9-7-14)10-17-13(18)11-4-2-3-5-12(11)15/h2-5,16H,6-10,15H2,1H3,(H,17,18). The maximum Gasteiger partial charge on any atom is 0.253 e. The molecule has 0 atom stereocenters. The summed E-state index contributed by atoms with van der Waals surface area (Å²) in [5.41, 5.74) is 7.09. The summed E-state index contributed by atoms with van der Waals surface area (Å²) in [6.45, 7) is 4.99. The monoisotopic (exact) mass is 247 g/mol. The van der Waals surface area contributed by atoms with Gasteiger partial charge in [0.25, 0.3) is 5.91 Å². The lowest BCUT2D eigenvalue weighted by molar-refractivity contribution is 0.0923. The van der Waals surface area contributed by atoms with Crippen molar-refractivity contribution in [3.8, 4) is 0 Å². The predicted octanol–water partition coefficient (Wildman–Crippen LogP) is 1.39. The van der Waals surface area contributed by atoms with E-state index in [1.54, 1.807) is 12.1 Å². The molecule has 1 aromatic carbocycles. The normalized spacial score (nSPS) is 18.3. The largest absolute Gasteiger partial charge is 0.398 e. The molecule has 2 rings (SSSR count). The fraction of sp³-hybridized carbons (Fsp3) is 0.500. The van der Waals surface area contributed by atoms with E-state index in [0.717, 1.165) is 25.9 Å². The molecule has 1 aliphatic heterocycles. The summed E-state index contributed by atoms with van der Waals surface area (Å²) in [5.74, 6) is -0.0761. The molecule has 1 heterocycles. The Kier molecular flexibility index (Phi) is 3.87. The maximum atomic E-state index is 12.0. The number of anilines is 1. The van der Waals surface area contributed by atoms with Crippen molar-refractivity contribution in [2.24, 2.45) is 5.41 Å². The van der Waals surface area contributed by atoms with Crippen molar-refractivity contribution < 1.29 is 4.79 Å². The van der Waals surface area contributed by atoms with Crippen LogP contribution in [0.1, 0.15) is 30.1 Å². The summed E-state index contributed by atoms with van der Waals surface area (Å²) in [5, 5.41) is 6.34. The molecule has 0 spiro atoms. The Morgan fingerprint density at radius 1 is 1.39 bits per heavy atom. The molecule has 1 aromatic rings. The molecule has 1 aliphatic rings. The average Bonchev–Trinajstić information content (AvgIpc) is 2.38. The number of nitrogen functional groups attached to an aromatic ring is 1. The van der Waals surface area contributed by atoms with Crippen molar-refractivity contribution in [3.63, 3.8) is 0 Å². The van der Waals surface area contributed by atoms with E-state index in [4.69, 9.17) is 5.73 Å². The number of benzene rings is 1. The third-order valence-electron chi connectivity index (χ3n) is 3.69. The Bertz CT molecular complexity index is 425. The van der Waals surface area contributed by atoms with Crippen molar-refractivity contribution >= 4 is 11.6 Å². The lowest BCUT2D eigenvalue weighted by atomic mass is 9.81. The van der Waals surface area contributed by atoms with Crippen molar-refractivity contribution in [1.29, 1.82) is 0 Å². The molecule has 4 heteroatoms. The Morgan fingerprint density at radius 2 is 2.06 bits per heavy atom. The van der Waals surface area contributed by atoms with Gasteiger partial charge in [0.1, 0.15) is 0 Å². The molecule has 1 saturated heterocycles. The van der Waals surface area contributed by atoms with Crippen LogP contribution in [-0.4, -0.2) is 25.5 Å². The minimum Gasteiger partial charge on any atom is -0.398 e. The first-order valence-corrected chi connectivity index (χ1v) is 6.44. The lowest BCUT2D eigenvalue weighted by Gasteiger charge is -2.34. The zero-order valence-electron chi connectivity index (χ0n) is 10.8. The van der Waals surface area contributed by atoms with Gasteiger partial charge in [-0.2, -0.15) is 0 Å². The van der Waals surface area contributed by atoms with E-state index < -0.39 is 0 Å². The van der Waals surface area contributed by atoms with Gasteiger partial charge in [0.2, 0.25) is 0 Å². The second kappa shape index (κ2) is 5.40. The van der Waals surface area contributed by atoms with Crippen LogP contribution in [0.5, 0.6) is 0 Å². The Hall–Kier alpha value is -1.55. The number of carbonyl (C=O) groups excluding carboxylic acids is 1. The molecule has 98 valence electrons. The van der Waals surface area contributed by atoms with E-state index in [9.17, 15) is 4.79 Å². The van der Waals surface area contributed by atoms with Gasteiger partial charge in [0.15, 0.2) is 0 Å². The molecule has 4 N–H and O–H groups in total. The van der Waals surface area contributed by atoms with E-state index >= 15 is 0 Å². The summed E-state index contributed by atoms with van der Waals surface area (Å²) in [7, 11) is 0. The molecule has 0 aromatic heterocycles. The van der Waals surface area contributed by atoms with Crippen LogP contribution < -0.4 is 16.4 Å². The number of carbonyl (C=O) groups is 1. The van der Waals surface area contributed by atoms with E-state index in [-0.39, 0.29) is 11.3 Å². The molecule has 0 aliphatic carbocycles. The summed E-state index contributed by atoms with van der Waals surface area (Å²) in [6, 6.07) is 7.17. The smallest absolute Gasteiger partial charge is 0.253 e. The van der Waals surface area contributed by atoms with Gasteiger partial charge < -0.3 is 16.4 Å². The van der Waals surface area contributed by atoms with Gasteiger partial charge in [-0.15, -0.1) is 0 Å². The highest BCUT2D eigenvalue weighted by Crippen LogP contribution is 2.26. The molecule has 0 saturated carbocycles. The van der Waals surface area contributed by atoms with Crippen molar-refractivity contribution in [1.82, 2.24) is 10.6 Å². The number of para-hydroxylation sites is 1. The molecular formula is C14H21N3O. The highest BCUT2D eigenvalue weighted by molar-refractivity contribution is 5.99. The molecule has 0 unspecified atom stereocenters. The average molecular weight is 247 g/mol. The molecule has 4 nitrogen and oxygen atoms in total. The minimum atomic E-state index is -0.0761. The maximum absolute atomic E-state index is 12.0. The van der Waals surface area contributed by atoms with Gasteiger partial charge in [0.05, 0.1) is 5.56 Å². The minimum absolute atomic E-state index is 0.0761. The number of hydrogen-bond acceptors (Lipinski definition) is 3. The van der Waals surface area contributed by atoms with Crippen LogP contribution >= 0.6 is 0 Å². The predicted molar refractivity (Wildman–Crippen MR) is 73.4 cm³/mol. The number of amides is 1. The molecule has 1 amide bonds. The van der Waals surface area contributed by atoms with Gasteiger partial charge in [-0.25, -0.2) is 0 Å². The van der Waals surface area contributed by atoms with E-state index in [1.165, 1.54) is 0 Å². The number of hydrogen-bond donors (Lipinski definition) is 3. The first kappa shape index (κ1) is 12.9. The van der Waals surface area contributed by atoms with E-state index in [1.807, 2.05) is 12.1 Å². The first-order valence-electron chi connectivity index (χ1n) is 6.44. The molecule has 18 heavy (non-hydrogen) atoms. The van der Waals surface area contributed by atoms with Crippen LogP contribution in [0.15, 0.2) is 24.3 Å². The zero-order valence-corrected chi connectivity index (χ0v) is 10.8. The number of piperidine rings is 1. The third kappa shape index (κ3) is 3.01. The Balaban J connectivity index is 1.94. The van der Waals surface area contributed by atoms with Crippen LogP contribution in [0.25, 0.3) is 0 Å². The first-order chi connectivity index (χ1) is 8.61. The van der Waals surface area contributed by atoms with Gasteiger partial charge >= 0.3 is 0 Å². The number of rotatable bonds is 3. The van der Waals surface area contributed by atoms with E-state index in [0.29, 0.717) is 17.8 Å². The van der Waals surface area contributed by atoms with Crippen molar-refractivity contribution in [2.45, 2.75) is 19.8 Å². The van der Waals surface area contributed by atoms with Gasteiger partial charge in [-0.05, 0) is 43.5 Å². The van der Waals surface area contributed by atoms with E-state index in [2.05, 4.69) is 17.6 Å². The molecular weight excluding hydrogens is 226 g/mol. The summed E-state index contributed by atoms with van der Waals surface area (Å²) < 4.78 is 0. The topological polar surface area (TPSA) is 67.2 Å². The van der Waals surface area contributed by atoms with Gasteiger partial charge in [-0.1, -0.05) is 19.1 Å². The summed E-state index contributed by atoms with van der Waals surface area (Å²) in [6.07, 6.45) is 2.19. The van der Waals surface area contributed by atoms with Crippen LogP contribution in [0.4, 0.5) is 5.69 Å². The number of nitrogens with two attached hydrogens (primary N) is 1. The highest BCUT2D eigenvalue weighted by Gasteiger charge is 2.27. The van der Waals surface area contributed by atoms with Crippen LogP contribution in [0.2, 0.25) is 0 Å². The number of nitrogens with one attached hydrogen (secondary N) is 2. The van der Waals surface area contributed by atoms with Gasteiger partial charge in [0, 0.05) is 12.2 Å². The quantitative estimate of drug-likeness (QED) is 0.707. The van der Waals surface area contributed by atoms with Crippen LogP contribution in [0, 0.1) is 5.41 Å². The summed E-state index contributed by atoms with van der Waals surface area (Å²) in [4.78, 5) is 12.0. The van der Waals surface area contributed by atoms with Crippen LogP contribution in [-0.2, 0) is 0 Å². The zero-order chi connectivity index (χ0) is 13.0. The lowest BCUT2D eigenvalue weighted by Crippen LogP contribution is -2.43. The molecule has 0 bridgehead atoms. The molecule has 1 fully saturated rings. The second-order valence-corrected chi connectivity index (χ2v) is 5.33. The third-order valence-corrected chi connectivity index (χ3v) is 3.69. The SMILES string of the molecule is CC1(CNC(=O)c2ccccc2N)CCNCC1.